The molecule has 0 heterocycles. The van der Waals surface area contributed by atoms with E-state index in [0.717, 1.165) is 10.0 Å². The first-order chi connectivity index (χ1) is 9.11. The van der Waals surface area contributed by atoms with Gasteiger partial charge < -0.3 is 10.1 Å². The number of methoxy groups -OCH3 is 1. The third-order valence-corrected chi connectivity index (χ3v) is 3.41. The summed E-state index contributed by atoms with van der Waals surface area (Å²) in [5, 5.41) is 2.85. The van der Waals surface area contributed by atoms with Gasteiger partial charge in [-0.1, -0.05) is 23.8 Å². The zero-order valence-corrected chi connectivity index (χ0v) is 12.3. The van der Waals surface area contributed by atoms with Crippen LogP contribution in [0.1, 0.15) is 15.9 Å². The zero-order valence-electron chi connectivity index (χ0n) is 10.7. The molecule has 1 amide bonds. The molecule has 3 nitrogen and oxygen atoms in total. The van der Waals surface area contributed by atoms with Crippen molar-refractivity contribution in [3.05, 3.63) is 58.1 Å². The first kappa shape index (κ1) is 13.6. The van der Waals surface area contributed by atoms with Crippen molar-refractivity contribution in [3.63, 3.8) is 0 Å². The maximum absolute atomic E-state index is 12.3. The molecule has 2 rings (SSSR count). The Balaban J connectivity index is 2.28. The van der Waals surface area contributed by atoms with Crippen LogP contribution in [0.25, 0.3) is 0 Å². The fraction of sp³-hybridized carbons (Fsp3) is 0.133. The Morgan fingerprint density at radius 1 is 1.21 bits per heavy atom. The van der Waals surface area contributed by atoms with E-state index in [-0.39, 0.29) is 5.91 Å². The SMILES string of the molecule is COc1ccccc1NC(=O)c1cc(C)ccc1Br. The normalized spacial score (nSPS) is 10.1. The molecule has 1 N–H and O–H groups in total. The van der Waals surface area contributed by atoms with E-state index >= 15 is 0 Å². The van der Waals surface area contributed by atoms with E-state index in [9.17, 15) is 4.79 Å². The quantitative estimate of drug-likeness (QED) is 0.928. The minimum Gasteiger partial charge on any atom is -0.495 e. The van der Waals surface area contributed by atoms with Crippen LogP contribution in [0.3, 0.4) is 0 Å². The number of para-hydroxylation sites is 2. The van der Waals surface area contributed by atoms with Crippen LogP contribution in [0.5, 0.6) is 5.75 Å². The van der Waals surface area contributed by atoms with Crippen molar-refractivity contribution in [2.24, 2.45) is 0 Å². The van der Waals surface area contributed by atoms with Gasteiger partial charge in [0.05, 0.1) is 18.4 Å². The minimum absolute atomic E-state index is 0.167. The lowest BCUT2D eigenvalue weighted by Gasteiger charge is -2.11. The second-order valence-electron chi connectivity index (χ2n) is 4.14. The van der Waals surface area contributed by atoms with E-state index in [2.05, 4.69) is 21.2 Å². The lowest BCUT2D eigenvalue weighted by atomic mass is 10.1. The molecule has 0 fully saturated rings. The van der Waals surface area contributed by atoms with E-state index in [1.165, 1.54) is 0 Å². The molecule has 0 aliphatic carbocycles. The third kappa shape index (κ3) is 3.15. The molecular formula is C15H14BrNO2. The molecule has 0 aromatic heterocycles. The second-order valence-corrected chi connectivity index (χ2v) is 4.99. The van der Waals surface area contributed by atoms with Gasteiger partial charge in [-0.2, -0.15) is 0 Å². The number of hydrogen-bond donors (Lipinski definition) is 1. The molecule has 0 unspecified atom stereocenters. The smallest absolute Gasteiger partial charge is 0.256 e. The van der Waals surface area contributed by atoms with Gasteiger partial charge >= 0.3 is 0 Å². The fourth-order valence-corrected chi connectivity index (χ4v) is 2.18. The molecule has 2 aromatic rings. The van der Waals surface area contributed by atoms with E-state index in [1.807, 2.05) is 37.3 Å². The summed E-state index contributed by atoms with van der Waals surface area (Å²) < 4.78 is 5.98. The van der Waals surface area contributed by atoms with E-state index in [1.54, 1.807) is 19.2 Å². The van der Waals surface area contributed by atoms with Crippen LogP contribution in [0.2, 0.25) is 0 Å². The second kappa shape index (κ2) is 5.89. The molecule has 98 valence electrons. The number of carbonyl (C=O) groups is 1. The molecule has 19 heavy (non-hydrogen) atoms. The number of hydrogen-bond acceptors (Lipinski definition) is 2. The lowest BCUT2D eigenvalue weighted by Crippen LogP contribution is -2.13. The summed E-state index contributed by atoms with van der Waals surface area (Å²) in [5.41, 5.74) is 2.29. The molecule has 0 spiro atoms. The highest BCUT2D eigenvalue weighted by Gasteiger charge is 2.12. The Labute approximate surface area is 120 Å². The molecule has 0 radical (unpaired) electrons. The van der Waals surface area contributed by atoms with Gasteiger partial charge in [0.2, 0.25) is 0 Å². The number of rotatable bonds is 3. The summed E-state index contributed by atoms with van der Waals surface area (Å²) in [5.74, 6) is 0.472. The molecule has 4 heteroatoms. The van der Waals surface area contributed by atoms with E-state index in [4.69, 9.17) is 4.74 Å². The Bertz CT molecular complexity index is 611. The Kier molecular flexibility index (Phi) is 4.22. The van der Waals surface area contributed by atoms with Crippen molar-refractivity contribution in [1.29, 1.82) is 0 Å². The molecule has 0 aliphatic heterocycles. The van der Waals surface area contributed by atoms with Crippen LogP contribution >= 0.6 is 15.9 Å². The summed E-state index contributed by atoms with van der Waals surface area (Å²) in [6, 6.07) is 13.0. The van der Waals surface area contributed by atoms with Crippen LogP contribution in [-0.2, 0) is 0 Å². The van der Waals surface area contributed by atoms with Gasteiger partial charge in [0.1, 0.15) is 5.75 Å². The highest BCUT2D eigenvalue weighted by atomic mass is 79.9. The van der Waals surface area contributed by atoms with Crippen LogP contribution in [-0.4, -0.2) is 13.0 Å². The maximum atomic E-state index is 12.3. The van der Waals surface area contributed by atoms with Gasteiger partial charge in [-0.3, -0.25) is 4.79 Å². The maximum Gasteiger partial charge on any atom is 0.256 e. The summed E-state index contributed by atoms with van der Waals surface area (Å²) in [4.78, 5) is 12.3. The van der Waals surface area contributed by atoms with Crippen LogP contribution in [0.4, 0.5) is 5.69 Å². The highest BCUT2D eigenvalue weighted by molar-refractivity contribution is 9.10. The van der Waals surface area contributed by atoms with Crippen molar-refractivity contribution in [2.75, 3.05) is 12.4 Å². The number of benzene rings is 2. The number of anilines is 1. The largest absolute Gasteiger partial charge is 0.495 e. The Hall–Kier alpha value is -1.81. The summed E-state index contributed by atoms with van der Waals surface area (Å²) in [7, 11) is 1.58. The number of ether oxygens (including phenoxy) is 1. The monoisotopic (exact) mass is 319 g/mol. The van der Waals surface area contributed by atoms with Gasteiger partial charge in [0.25, 0.3) is 5.91 Å². The van der Waals surface area contributed by atoms with Crippen molar-refractivity contribution in [2.45, 2.75) is 6.92 Å². The Morgan fingerprint density at radius 3 is 2.68 bits per heavy atom. The van der Waals surface area contributed by atoms with E-state index in [0.29, 0.717) is 17.0 Å². The van der Waals surface area contributed by atoms with E-state index < -0.39 is 0 Å². The summed E-state index contributed by atoms with van der Waals surface area (Å²) in [6.45, 7) is 1.95. The molecule has 0 aliphatic rings. The topological polar surface area (TPSA) is 38.3 Å². The molecule has 0 saturated heterocycles. The number of amides is 1. The molecular weight excluding hydrogens is 306 g/mol. The van der Waals surface area contributed by atoms with Gasteiger partial charge in [0, 0.05) is 4.47 Å². The molecule has 0 atom stereocenters. The van der Waals surface area contributed by atoms with Crippen molar-refractivity contribution in [3.8, 4) is 5.75 Å². The van der Waals surface area contributed by atoms with Gasteiger partial charge in [-0.05, 0) is 47.1 Å². The average molecular weight is 320 g/mol. The summed E-state index contributed by atoms with van der Waals surface area (Å²) in [6.07, 6.45) is 0. The fourth-order valence-electron chi connectivity index (χ4n) is 1.75. The lowest BCUT2D eigenvalue weighted by molar-refractivity contribution is 0.102. The first-order valence-electron chi connectivity index (χ1n) is 5.82. The van der Waals surface area contributed by atoms with Crippen LogP contribution in [0.15, 0.2) is 46.9 Å². The molecule has 0 bridgehead atoms. The zero-order chi connectivity index (χ0) is 13.8. The van der Waals surface area contributed by atoms with Gasteiger partial charge in [-0.25, -0.2) is 0 Å². The standard InChI is InChI=1S/C15H14BrNO2/c1-10-7-8-12(16)11(9-10)15(18)17-13-5-3-4-6-14(13)19-2/h3-9H,1-2H3,(H,17,18). The molecule has 0 saturated carbocycles. The first-order valence-corrected chi connectivity index (χ1v) is 6.61. The van der Waals surface area contributed by atoms with Crippen molar-refractivity contribution < 1.29 is 9.53 Å². The van der Waals surface area contributed by atoms with Gasteiger partial charge in [0.15, 0.2) is 0 Å². The predicted octanol–water partition coefficient (Wildman–Crippen LogP) is 4.02. The number of nitrogens with one attached hydrogen (secondary N) is 1. The average Bonchev–Trinajstić information content (AvgIpc) is 2.42. The number of aryl methyl sites for hydroxylation is 1. The predicted molar refractivity (Wildman–Crippen MR) is 79.8 cm³/mol. The van der Waals surface area contributed by atoms with Gasteiger partial charge in [-0.15, -0.1) is 0 Å². The van der Waals surface area contributed by atoms with Crippen molar-refractivity contribution >= 4 is 27.5 Å². The van der Waals surface area contributed by atoms with Crippen molar-refractivity contribution in [1.82, 2.24) is 0 Å². The molecule has 2 aromatic carbocycles. The summed E-state index contributed by atoms with van der Waals surface area (Å²) >= 11 is 3.39. The van der Waals surface area contributed by atoms with Crippen LogP contribution < -0.4 is 10.1 Å². The number of halogens is 1. The third-order valence-electron chi connectivity index (χ3n) is 2.72. The van der Waals surface area contributed by atoms with Crippen LogP contribution in [0, 0.1) is 6.92 Å². The Morgan fingerprint density at radius 2 is 1.95 bits per heavy atom. The minimum atomic E-state index is -0.167. The highest BCUT2D eigenvalue weighted by Crippen LogP contribution is 2.25. The number of carbonyl (C=O) groups excluding carboxylic acids is 1.